The zero-order valence-corrected chi connectivity index (χ0v) is 20.1. The standard InChI is InChI=1S/C14H19BO4.C8H7IO2/c1-9-6-7-10(12(16)17)8-11(9)15-18-13(2,3)14(4,5)19-15;1-5-2-3-6(8(10)11)4-7(5)9/h6-8H,1-5H3,(H,16,17);2-4H,1H3,(H,10,11). The Bertz CT molecular complexity index is 954. The zero-order chi connectivity index (χ0) is 22.9. The van der Waals surface area contributed by atoms with Crippen molar-refractivity contribution in [2.45, 2.75) is 52.7 Å². The van der Waals surface area contributed by atoms with E-state index in [-0.39, 0.29) is 5.56 Å². The van der Waals surface area contributed by atoms with E-state index in [1.54, 1.807) is 30.3 Å². The molecule has 2 aromatic carbocycles. The zero-order valence-electron chi connectivity index (χ0n) is 17.9. The van der Waals surface area contributed by atoms with Crippen LogP contribution in [0.5, 0.6) is 0 Å². The second-order valence-corrected chi connectivity index (χ2v) is 9.40. The monoisotopic (exact) mass is 524 g/mol. The van der Waals surface area contributed by atoms with Gasteiger partial charge in [0, 0.05) is 3.57 Å². The summed E-state index contributed by atoms with van der Waals surface area (Å²) in [5.74, 6) is -1.82. The quantitative estimate of drug-likeness (QED) is 0.460. The first kappa shape index (κ1) is 24.4. The van der Waals surface area contributed by atoms with Crippen LogP contribution >= 0.6 is 22.6 Å². The van der Waals surface area contributed by atoms with E-state index in [1.807, 2.05) is 47.6 Å². The Balaban J connectivity index is 0.000000248. The molecule has 3 rings (SSSR count). The van der Waals surface area contributed by atoms with E-state index in [1.165, 1.54) is 0 Å². The summed E-state index contributed by atoms with van der Waals surface area (Å²) >= 11 is 2.12. The summed E-state index contributed by atoms with van der Waals surface area (Å²) in [4.78, 5) is 21.5. The third-order valence-electron chi connectivity index (χ3n) is 5.45. The van der Waals surface area contributed by atoms with Crippen molar-refractivity contribution in [3.8, 4) is 0 Å². The van der Waals surface area contributed by atoms with Crippen LogP contribution in [0, 0.1) is 17.4 Å². The maximum Gasteiger partial charge on any atom is 0.495 e. The molecule has 2 N–H and O–H groups in total. The van der Waals surface area contributed by atoms with Crippen molar-refractivity contribution in [3.63, 3.8) is 0 Å². The van der Waals surface area contributed by atoms with Crippen LogP contribution in [-0.4, -0.2) is 40.5 Å². The molecule has 0 unspecified atom stereocenters. The first-order valence-electron chi connectivity index (χ1n) is 9.44. The molecule has 160 valence electrons. The summed E-state index contributed by atoms with van der Waals surface area (Å²) in [6, 6.07) is 10.1. The molecule has 1 fully saturated rings. The summed E-state index contributed by atoms with van der Waals surface area (Å²) < 4.78 is 12.9. The lowest BCUT2D eigenvalue weighted by Gasteiger charge is -2.32. The fraction of sp³-hybridized carbons (Fsp3) is 0.364. The Labute approximate surface area is 190 Å². The summed E-state index contributed by atoms with van der Waals surface area (Å²) in [6.45, 7) is 11.8. The van der Waals surface area contributed by atoms with Crippen LogP contribution in [0.3, 0.4) is 0 Å². The molecule has 1 aliphatic rings. The minimum Gasteiger partial charge on any atom is -0.478 e. The number of rotatable bonds is 3. The van der Waals surface area contributed by atoms with Gasteiger partial charge in [0.05, 0.1) is 22.3 Å². The smallest absolute Gasteiger partial charge is 0.478 e. The van der Waals surface area contributed by atoms with Crippen molar-refractivity contribution in [2.24, 2.45) is 0 Å². The lowest BCUT2D eigenvalue weighted by molar-refractivity contribution is 0.00578. The Hall–Kier alpha value is -1.91. The lowest BCUT2D eigenvalue weighted by Crippen LogP contribution is -2.41. The molecule has 0 amide bonds. The van der Waals surface area contributed by atoms with E-state index in [0.29, 0.717) is 5.56 Å². The number of carbonyl (C=O) groups is 2. The molecule has 0 bridgehead atoms. The Morgan fingerprint density at radius 1 is 0.833 bits per heavy atom. The van der Waals surface area contributed by atoms with Gasteiger partial charge in [-0.05, 0) is 99.4 Å². The van der Waals surface area contributed by atoms with Crippen LogP contribution < -0.4 is 5.46 Å². The van der Waals surface area contributed by atoms with E-state index in [4.69, 9.17) is 19.5 Å². The van der Waals surface area contributed by atoms with Gasteiger partial charge >= 0.3 is 19.1 Å². The van der Waals surface area contributed by atoms with E-state index in [0.717, 1.165) is 20.2 Å². The highest BCUT2D eigenvalue weighted by Crippen LogP contribution is 2.36. The van der Waals surface area contributed by atoms with Crippen molar-refractivity contribution in [3.05, 3.63) is 62.2 Å². The van der Waals surface area contributed by atoms with Crippen LogP contribution in [0.2, 0.25) is 0 Å². The summed E-state index contributed by atoms with van der Waals surface area (Å²) in [5.41, 5.74) is 2.58. The van der Waals surface area contributed by atoms with Crippen LogP contribution in [0.25, 0.3) is 0 Å². The van der Waals surface area contributed by atoms with Crippen LogP contribution in [-0.2, 0) is 9.31 Å². The van der Waals surface area contributed by atoms with Crippen LogP contribution in [0.1, 0.15) is 59.5 Å². The first-order chi connectivity index (χ1) is 13.7. The van der Waals surface area contributed by atoms with Crippen molar-refractivity contribution in [2.75, 3.05) is 0 Å². The predicted octanol–water partition coefficient (Wildman–Crippen LogP) is 4.29. The highest BCUT2D eigenvalue weighted by molar-refractivity contribution is 14.1. The third kappa shape index (κ3) is 5.41. The summed E-state index contributed by atoms with van der Waals surface area (Å²) in [6.07, 6.45) is 0. The highest BCUT2D eigenvalue weighted by Gasteiger charge is 2.52. The number of carboxylic acids is 2. The van der Waals surface area contributed by atoms with Gasteiger partial charge in [-0.25, -0.2) is 9.59 Å². The van der Waals surface area contributed by atoms with Gasteiger partial charge in [-0.15, -0.1) is 0 Å². The number of aryl methyl sites for hydroxylation is 2. The second kappa shape index (κ2) is 9.07. The van der Waals surface area contributed by atoms with E-state index < -0.39 is 30.3 Å². The molecule has 0 radical (unpaired) electrons. The van der Waals surface area contributed by atoms with Gasteiger partial charge < -0.3 is 19.5 Å². The van der Waals surface area contributed by atoms with Gasteiger partial charge in [0.15, 0.2) is 0 Å². The van der Waals surface area contributed by atoms with E-state index in [2.05, 4.69) is 22.6 Å². The van der Waals surface area contributed by atoms with Crippen LogP contribution in [0.15, 0.2) is 36.4 Å². The minimum atomic E-state index is -0.947. The van der Waals surface area contributed by atoms with Crippen LogP contribution in [0.4, 0.5) is 0 Å². The molecule has 0 atom stereocenters. The van der Waals surface area contributed by atoms with Gasteiger partial charge in [0.1, 0.15) is 0 Å². The number of halogens is 1. The van der Waals surface area contributed by atoms with E-state index in [9.17, 15) is 9.59 Å². The molecule has 1 aliphatic heterocycles. The van der Waals surface area contributed by atoms with E-state index >= 15 is 0 Å². The van der Waals surface area contributed by atoms with Gasteiger partial charge in [0.25, 0.3) is 0 Å². The molecule has 1 saturated heterocycles. The Kier molecular flexibility index (Phi) is 7.37. The molecule has 6 nitrogen and oxygen atoms in total. The Morgan fingerprint density at radius 2 is 1.27 bits per heavy atom. The van der Waals surface area contributed by atoms with Crippen molar-refractivity contribution < 1.29 is 29.1 Å². The van der Waals surface area contributed by atoms with Crippen molar-refractivity contribution in [1.82, 2.24) is 0 Å². The summed E-state index contributed by atoms with van der Waals surface area (Å²) in [5, 5.41) is 17.7. The molecule has 0 saturated carbocycles. The topological polar surface area (TPSA) is 93.1 Å². The Morgan fingerprint density at radius 3 is 1.70 bits per heavy atom. The molecule has 30 heavy (non-hydrogen) atoms. The van der Waals surface area contributed by atoms with Gasteiger partial charge in [-0.1, -0.05) is 17.7 Å². The predicted molar refractivity (Wildman–Crippen MR) is 125 cm³/mol. The molecule has 1 heterocycles. The molecule has 0 aromatic heterocycles. The number of carboxylic acid groups (broad SMARTS) is 2. The number of hydrogen-bond donors (Lipinski definition) is 2. The largest absolute Gasteiger partial charge is 0.495 e. The van der Waals surface area contributed by atoms with Gasteiger partial charge in [-0.3, -0.25) is 0 Å². The maximum atomic E-state index is 11.1. The molecule has 2 aromatic rings. The third-order valence-corrected chi connectivity index (χ3v) is 6.61. The van der Waals surface area contributed by atoms with Crippen molar-refractivity contribution in [1.29, 1.82) is 0 Å². The minimum absolute atomic E-state index is 0.246. The second-order valence-electron chi connectivity index (χ2n) is 8.23. The molecule has 8 heteroatoms. The average molecular weight is 524 g/mol. The van der Waals surface area contributed by atoms with Crippen molar-refractivity contribution >= 4 is 47.1 Å². The van der Waals surface area contributed by atoms with Gasteiger partial charge in [-0.2, -0.15) is 0 Å². The maximum absolute atomic E-state index is 11.1. The highest BCUT2D eigenvalue weighted by atomic mass is 127. The van der Waals surface area contributed by atoms with Gasteiger partial charge in [0.2, 0.25) is 0 Å². The molecular formula is C22H26BIO6. The SMILES string of the molecule is Cc1ccc(C(=O)O)cc1B1OC(C)(C)C(C)(C)O1.Cc1ccc(C(=O)O)cc1I. The lowest BCUT2D eigenvalue weighted by atomic mass is 9.75. The summed E-state index contributed by atoms with van der Waals surface area (Å²) in [7, 11) is -0.524. The normalized spacial score (nSPS) is 16.6. The molecular weight excluding hydrogens is 498 g/mol. The average Bonchev–Trinajstić information content (AvgIpc) is 2.85. The number of benzene rings is 2. The fourth-order valence-electron chi connectivity index (χ4n) is 2.72. The first-order valence-corrected chi connectivity index (χ1v) is 10.5. The molecule has 0 aliphatic carbocycles. The number of hydrogen-bond acceptors (Lipinski definition) is 4. The fourth-order valence-corrected chi connectivity index (χ4v) is 3.24. The molecule has 0 spiro atoms. The number of aromatic carboxylic acids is 2.